The SMILES string of the molecule is N#Cc1ccc2c(-c3cncc4cnc(NC5CCCCC5N)nc34)c[nH]c2c1. The Morgan fingerprint density at radius 1 is 1.14 bits per heavy atom. The molecule has 0 spiro atoms. The molecule has 0 bridgehead atoms. The Balaban J connectivity index is 1.58. The van der Waals surface area contributed by atoms with Crippen LogP contribution in [0.5, 0.6) is 0 Å². The first kappa shape index (κ1) is 17.6. The summed E-state index contributed by atoms with van der Waals surface area (Å²) in [6.07, 6.45) is 11.8. The van der Waals surface area contributed by atoms with Crippen LogP contribution in [0.15, 0.2) is 43.0 Å². The number of aromatic nitrogens is 4. The fraction of sp³-hybridized carbons (Fsp3) is 0.273. The van der Waals surface area contributed by atoms with Gasteiger partial charge in [0.15, 0.2) is 0 Å². The Morgan fingerprint density at radius 3 is 2.90 bits per heavy atom. The summed E-state index contributed by atoms with van der Waals surface area (Å²) in [5, 5.41) is 14.5. The van der Waals surface area contributed by atoms with Crippen LogP contribution < -0.4 is 11.1 Å². The molecule has 1 saturated carbocycles. The van der Waals surface area contributed by atoms with Crippen LogP contribution in [0.3, 0.4) is 0 Å². The summed E-state index contributed by atoms with van der Waals surface area (Å²) in [6, 6.07) is 8.14. The zero-order valence-electron chi connectivity index (χ0n) is 15.9. The van der Waals surface area contributed by atoms with E-state index in [0.29, 0.717) is 11.5 Å². The van der Waals surface area contributed by atoms with Crippen molar-refractivity contribution >= 4 is 27.8 Å². The van der Waals surface area contributed by atoms with E-state index >= 15 is 0 Å². The Hall–Kier alpha value is -3.50. The van der Waals surface area contributed by atoms with E-state index in [9.17, 15) is 0 Å². The number of fused-ring (bicyclic) bond motifs is 2. The highest BCUT2D eigenvalue weighted by molar-refractivity contribution is 6.03. The summed E-state index contributed by atoms with van der Waals surface area (Å²) >= 11 is 0. The van der Waals surface area contributed by atoms with E-state index in [1.54, 1.807) is 12.4 Å². The van der Waals surface area contributed by atoms with Gasteiger partial charge in [-0.1, -0.05) is 18.9 Å². The number of pyridine rings is 1. The minimum Gasteiger partial charge on any atom is -0.361 e. The molecule has 0 radical (unpaired) electrons. The van der Waals surface area contributed by atoms with Crippen LogP contribution in [0.4, 0.5) is 5.95 Å². The molecule has 5 rings (SSSR count). The van der Waals surface area contributed by atoms with Crippen molar-refractivity contribution in [3.05, 3.63) is 48.5 Å². The number of anilines is 1. The number of hydrogen-bond acceptors (Lipinski definition) is 6. The number of nitrogens with one attached hydrogen (secondary N) is 2. The molecular weight excluding hydrogens is 362 g/mol. The van der Waals surface area contributed by atoms with Gasteiger partial charge in [0.25, 0.3) is 0 Å². The zero-order chi connectivity index (χ0) is 19.8. The maximum Gasteiger partial charge on any atom is 0.223 e. The second-order valence-corrected chi connectivity index (χ2v) is 7.59. The topological polar surface area (TPSA) is 116 Å². The zero-order valence-corrected chi connectivity index (χ0v) is 15.9. The predicted octanol–water partition coefficient (Wildman–Crippen LogP) is 3.73. The molecule has 2 atom stereocenters. The van der Waals surface area contributed by atoms with Gasteiger partial charge in [0.05, 0.1) is 17.1 Å². The molecule has 0 saturated heterocycles. The van der Waals surface area contributed by atoms with E-state index in [2.05, 4.69) is 26.3 Å². The maximum atomic E-state index is 9.14. The van der Waals surface area contributed by atoms with E-state index < -0.39 is 0 Å². The van der Waals surface area contributed by atoms with E-state index in [0.717, 1.165) is 45.8 Å². The number of nitrogens with zero attached hydrogens (tertiary/aromatic N) is 4. The van der Waals surface area contributed by atoms with Gasteiger partial charge in [-0.3, -0.25) is 4.98 Å². The lowest BCUT2D eigenvalue weighted by atomic mass is 9.91. The molecule has 1 aliphatic rings. The predicted molar refractivity (Wildman–Crippen MR) is 113 cm³/mol. The number of hydrogen-bond donors (Lipinski definition) is 3. The molecule has 7 heteroatoms. The van der Waals surface area contributed by atoms with Crippen molar-refractivity contribution in [2.75, 3.05) is 5.32 Å². The van der Waals surface area contributed by atoms with Crippen molar-refractivity contribution in [1.82, 2.24) is 19.9 Å². The van der Waals surface area contributed by atoms with Gasteiger partial charge in [-0.05, 0) is 25.0 Å². The number of rotatable bonds is 3. The van der Waals surface area contributed by atoms with Gasteiger partial charge in [-0.15, -0.1) is 0 Å². The Morgan fingerprint density at radius 2 is 2.03 bits per heavy atom. The lowest BCUT2D eigenvalue weighted by Crippen LogP contribution is -2.42. The van der Waals surface area contributed by atoms with Crippen molar-refractivity contribution in [1.29, 1.82) is 5.26 Å². The molecule has 3 heterocycles. The Bertz CT molecular complexity index is 1240. The monoisotopic (exact) mass is 383 g/mol. The quantitative estimate of drug-likeness (QED) is 0.496. The van der Waals surface area contributed by atoms with Gasteiger partial charge in [0.1, 0.15) is 0 Å². The molecule has 1 aliphatic carbocycles. The molecular formula is C22H21N7. The third-order valence-corrected chi connectivity index (χ3v) is 5.72. The first-order valence-electron chi connectivity index (χ1n) is 9.87. The molecule has 4 aromatic rings. The lowest BCUT2D eigenvalue weighted by Gasteiger charge is -2.29. The number of benzene rings is 1. The number of H-pyrrole nitrogens is 1. The average molecular weight is 383 g/mol. The number of aromatic amines is 1. The Labute approximate surface area is 168 Å². The van der Waals surface area contributed by atoms with Crippen LogP contribution in [0.1, 0.15) is 31.2 Å². The van der Waals surface area contributed by atoms with Gasteiger partial charge in [0, 0.05) is 64.3 Å². The summed E-state index contributed by atoms with van der Waals surface area (Å²) in [5.74, 6) is 0.596. The van der Waals surface area contributed by atoms with Gasteiger partial charge >= 0.3 is 0 Å². The fourth-order valence-corrected chi connectivity index (χ4v) is 4.14. The molecule has 3 aromatic heterocycles. The van der Waals surface area contributed by atoms with E-state index in [1.165, 1.54) is 12.8 Å². The van der Waals surface area contributed by atoms with Crippen molar-refractivity contribution in [3.63, 3.8) is 0 Å². The summed E-state index contributed by atoms with van der Waals surface area (Å²) in [6.45, 7) is 0. The minimum atomic E-state index is 0.128. The maximum absolute atomic E-state index is 9.14. The molecule has 0 amide bonds. The first-order valence-corrected chi connectivity index (χ1v) is 9.87. The summed E-state index contributed by atoms with van der Waals surface area (Å²) in [5.41, 5.74) is 10.6. The average Bonchev–Trinajstić information content (AvgIpc) is 3.18. The largest absolute Gasteiger partial charge is 0.361 e. The second-order valence-electron chi connectivity index (χ2n) is 7.59. The van der Waals surface area contributed by atoms with E-state index in [-0.39, 0.29) is 12.1 Å². The highest BCUT2D eigenvalue weighted by atomic mass is 15.1. The highest BCUT2D eigenvalue weighted by Crippen LogP contribution is 2.33. The minimum absolute atomic E-state index is 0.128. The van der Waals surface area contributed by atoms with Crippen LogP contribution in [-0.4, -0.2) is 32.0 Å². The molecule has 7 nitrogen and oxygen atoms in total. The normalized spacial score (nSPS) is 19.3. The van der Waals surface area contributed by atoms with Crippen molar-refractivity contribution in [3.8, 4) is 17.2 Å². The summed E-state index contributed by atoms with van der Waals surface area (Å²) in [4.78, 5) is 16.9. The lowest BCUT2D eigenvalue weighted by molar-refractivity contribution is 0.402. The molecule has 144 valence electrons. The second kappa shape index (κ2) is 7.15. The van der Waals surface area contributed by atoms with E-state index in [4.69, 9.17) is 16.0 Å². The van der Waals surface area contributed by atoms with Crippen LogP contribution in [0.25, 0.3) is 32.9 Å². The molecule has 1 fully saturated rings. The number of nitriles is 1. The number of nitrogens with two attached hydrogens (primary N) is 1. The van der Waals surface area contributed by atoms with Gasteiger partial charge in [-0.25, -0.2) is 9.97 Å². The molecule has 1 aromatic carbocycles. The fourth-order valence-electron chi connectivity index (χ4n) is 4.14. The van der Waals surface area contributed by atoms with Crippen LogP contribution in [-0.2, 0) is 0 Å². The molecule has 4 N–H and O–H groups in total. The van der Waals surface area contributed by atoms with Crippen LogP contribution >= 0.6 is 0 Å². The van der Waals surface area contributed by atoms with Crippen molar-refractivity contribution < 1.29 is 0 Å². The summed E-state index contributed by atoms with van der Waals surface area (Å²) in [7, 11) is 0. The van der Waals surface area contributed by atoms with Crippen LogP contribution in [0.2, 0.25) is 0 Å². The molecule has 0 aliphatic heterocycles. The van der Waals surface area contributed by atoms with Crippen LogP contribution in [0, 0.1) is 11.3 Å². The van der Waals surface area contributed by atoms with Gasteiger partial charge in [0.2, 0.25) is 5.95 Å². The smallest absolute Gasteiger partial charge is 0.223 e. The molecule has 29 heavy (non-hydrogen) atoms. The van der Waals surface area contributed by atoms with Crippen molar-refractivity contribution in [2.45, 2.75) is 37.8 Å². The first-order chi connectivity index (χ1) is 14.2. The summed E-state index contributed by atoms with van der Waals surface area (Å²) < 4.78 is 0. The highest BCUT2D eigenvalue weighted by Gasteiger charge is 2.22. The third kappa shape index (κ3) is 3.18. The van der Waals surface area contributed by atoms with Gasteiger partial charge < -0.3 is 16.0 Å². The third-order valence-electron chi connectivity index (χ3n) is 5.72. The van der Waals surface area contributed by atoms with E-state index in [1.807, 2.05) is 30.6 Å². The van der Waals surface area contributed by atoms with Gasteiger partial charge in [-0.2, -0.15) is 5.26 Å². The standard InChI is InChI=1S/C22H21N7/c23-8-13-5-6-15-16(12-26-20(15)7-13)17-11-25-9-14-10-27-22(29-21(14)17)28-19-4-2-1-3-18(19)24/h5-7,9-12,18-19,26H,1-4,24H2,(H,27,28,29). The molecule has 2 unspecified atom stereocenters. The Kier molecular flexibility index (Phi) is 4.34. The van der Waals surface area contributed by atoms with Crippen molar-refractivity contribution in [2.24, 2.45) is 5.73 Å².